The first kappa shape index (κ1) is 12.3. The molecule has 102 valence electrons. The van der Waals surface area contributed by atoms with Gasteiger partial charge in [-0.1, -0.05) is 6.07 Å². The molecule has 19 heavy (non-hydrogen) atoms. The van der Waals surface area contributed by atoms with Gasteiger partial charge in [-0.2, -0.15) is 0 Å². The number of nitrogens with zero attached hydrogens (tertiary/aromatic N) is 1. The van der Waals surface area contributed by atoms with Crippen molar-refractivity contribution in [2.24, 2.45) is 0 Å². The van der Waals surface area contributed by atoms with Crippen LogP contribution in [0, 0.1) is 0 Å². The van der Waals surface area contributed by atoms with Crippen molar-refractivity contribution < 1.29 is 9.53 Å². The lowest BCUT2D eigenvalue weighted by Crippen LogP contribution is -2.35. The zero-order chi connectivity index (χ0) is 13.4. The van der Waals surface area contributed by atoms with Crippen LogP contribution in [-0.2, 0) is 11.2 Å². The molecular formula is C15H20N2O2. The molecule has 0 radical (unpaired) electrons. The highest BCUT2D eigenvalue weighted by molar-refractivity contribution is 5.73. The summed E-state index contributed by atoms with van der Waals surface area (Å²) in [6, 6.07) is 6.53. The zero-order valence-corrected chi connectivity index (χ0v) is 11.5. The second-order valence-corrected chi connectivity index (χ2v) is 5.52. The van der Waals surface area contributed by atoms with Gasteiger partial charge in [0.25, 0.3) is 0 Å². The number of rotatable bonds is 2. The summed E-state index contributed by atoms with van der Waals surface area (Å²) in [5.74, 6) is 1.08. The van der Waals surface area contributed by atoms with E-state index in [0.717, 1.165) is 31.7 Å². The highest BCUT2D eigenvalue weighted by Crippen LogP contribution is 2.37. The predicted octanol–water partition coefficient (Wildman–Crippen LogP) is 1.72. The van der Waals surface area contributed by atoms with Crippen LogP contribution in [0.1, 0.15) is 25.8 Å². The van der Waals surface area contributed by atoms with E-state index in [2.05, 4.69) is 29.3 Å². The largest absolute Gasteiger partial charge is 0.490 e. The van der Waals surface area contributed by atoms with Gasteiger partial charge in [-0.05, 0) is 25.5 Å². The smallest absolute Gasteiger partial charge is 0.217 e. The highest BCUT2D eigenvalue weighted by atomic mass is 16.5. The molecule has 0 aromatic heterocycles. The molecule has 4 heteroatoms. The van der Waals surface area contributed by atoms with E-state index in [1.807, 2.05) is 6.07 Å². The van der Waals surface area contributed by atoms with Gasteiger partial charge in [-0.3, -0.25) is 4.79 Å². The maximum Gasteiger partial charge on any atom is 0.217 e. The summed E-state index contributed by atoms with van der Waals surface area (Å²) < 4.78 is 5.80. The molecule has 2 aliphatic heterocycles. The van der Waals surface area contributed by atoms with E-state index in [1.165, 1.54) is 11.3 Å². The normalized spacial score (nSPS) is 25.1. The minimum Gasteiger partial charge on any atom is -0.490 e. The Labute approximate surface area is 113 Å². The lowest BCUT2D eigenvalue weighted by Gasteiger charge is -2.21. The SMILES string of the molecule is CC(=O)N[C@H]1CCN(c2cccc3c2CC(C)O3)C1. The van der Waals surface area contributed by atoms with Crippen LogP contribution in [-0.4, -0.2) is 31.1 Å². The third kappa shape index (κ3) is 2.39. The summed E-state index contributed by atoms with van der Waals surface area (Å²) in [5.41, 5.74) is 2.59. The maximum absolute atomic E-state index is 11.1. The van der Waals surface area contributed by atoms with Crippen molar-refractivity contribution in [1.29, 1.82) is 0 Å². The first-order chi connectivity index (χ1) is 9.13. The van der Waals surface area contributed by atoms with Crippen LogP contribution >= 0.6 is 0 Å². The Morgan fingerprint density at radius 1 is 1.47 bits per heavy atom. The molecule has 4 nitrogen and oxygen atoms in total. The van der Waals surface area contributed by atoms with Gasteiger partial charge in [-0.25, -0.2) is 0 Å². The summed E-state index contributed by atoms with van der Waals surface area (Å²) in [5, 5.41) is 3.01. The third-order valence-corrected chi connectivity index (χ3v) is 3.86. The van der Waals surface area contributed by atoms with Crippen LogP contribution in [0.2, 0.25) is 0 Å². The van der Waals surface area contributed by atoms with Crippen molar-refractivity contribution in [3.8, 4) is 5.75 Å². The molecule has 0 bridgehead atoms. The van der Waals surface area contributed by atoms with Crippen LogP contribution in [0.25, 0.3) is 0 Å². The number of nitrogens with one attached hydrogen (secondary N) is 1. The minimum absolute atomic E-state index is 0.0575. The average Bonchev–Trinajstić information content (AvgIpc) is 2.92. The fourth-order valence-electron chi connectivity index (χ4n) is 3.10. The van der Waals surface area contributed by atoms with Crippen LogP contribution in [0.5, 0.6) is 5.75 Å². The van der Waals surface area contributed by atoms with E-state index in [4.69, 9.17) is 4.74 Å². The van der Waals surface area contributed by atoms with Crippen molar-refractivity contribution in [3.63, 3.8) is 0 Å². The van der Waals surface area contributed by atoms with Crippen molar-refractivity contribution in [2.75, 3.05) is 18.0 Å². The molecule has 1 N–H and O–H groups in total. The molecule has 1 aromatic rings. The fraction of sp³-hybridized carbons (Fsp3) is 0.533. The Morgan fingerprint density at radius 2 is 2.32 bits per heavy atom. The molecule has 1 saturated heterocycles. The van der Waals surface area contributed by atoms with Gasteiger partial charge in [0, 0.05) is 43.7 Å². The Kier molecular flexibility index (Phi) is 3.09. The van der Waals surface area contributed by atoms with Crippen molar-refractivity contribution in [2.45, 2.75) is 38.8 Å². The second-order valence-electron chi connectivity index (χ2n) is 5.52. The summed E-state index contributed by atoms with van der Waals surface area (Å²) in [6.07, 6.45) is 2.26. The number of benzene rings is 1. The molecule has 0 aliphatic carbocycles. The van der Waals surface area contributed by atoms with E-state index >= 15 is 0 Å². The number of amides is 1. The molecule has 2 aliphatic rings. The van der Waals surface area contributed by atoms with Gasteiger partial charge in [0.05, 0.1) is 0 Å². The molecule has 1 unspecified atom stereocenters. The first-order valence-electron chi connectivity index (χ1n) is 6.94. The molecule has 0 saturated carbocycles. The number of hydrogen-bond acceptors (Lipinski definition) is 3. The summed E-state index contributed by atoms with van der Waals surface area (Å²) in [4.78, 5) is 13.5. The monoisotopic (exact) mass is 260 g/mol. The lowest BCUT2D eigenvalue weighted by molar-refractivity contribution is -0.119. The Bertz CT molecular complexity index is 501. The number of anilines is 1. The van der Waals surface area contributed by atoms with E-state index in [0.29, 0.717) is 0 Å². The summed E-state index contributed by atoms with van der Waals surface area (Å²) in [6.45, 7) is 5.58. The predicted molar refractivity (Wildman–Crippen MR) is 74.7 cm³/mol. The average molecular weight is 260 g/mol. The van der Waals surface area contributed by atoms with Crippen molar-refractivity contribution >= 4 is 11.6 Å². The Balaban J connectivity index is 1.78. The fourth-order valence-corrected chi connectivity index (χ4v) is 3.10. The molecule has 0 spiro atoms. The lowest BCUT2D eigenvalue weighted by atomic mass is 10.1. The van der Waals surface area contributed by atoms with Gasteiger partial charge in [0.1, 0.15) is 11.9 Å². The number of fused-ring (bicyclic) bond motifs is 1. The van der Waals surface area contributed by atoms with Crippen LogP contribution in [0.4, 0.5) is 5.69 Å². The molecule has 3 rings (SSSR count). The summed E-state index contributed by atoms with van der Waals surface area (Å²) in [7, 11) is 0. The number of carbonyl (C=O) groups is 1. The van der Waals surface area contributed by atoms with Crippen molar-refractivity contribution in [3.05, 3.63) is 23.8 Å². The zero-order valence-electron chi connectivity index (χ0n) is 11.5. The second kappa shape index (κ2) is 4.76. The van der Waals surface area contributed by atoms with Gasteiger partial charge < -0.3 is 15.0 Å². The van der Waals surface area contributed by atoms with Gasteiger partial charge in [0.15, 0.2) is 0 Å². The maximum atomic E-state index is 11.1. The molecule has 1 fully saturated rings. The van der Waals surface area contributed by atoms with Gasteiger partial charge in [-0.15, -0.1) is 0 Å². The molecule has 2 atom stereocenters. The first-order valence-corrected chi connectivity index (χ1v) is 6.94. The van der Waals surface area contributed by atoms with E-state index in [1.54, 1.807) is 6.92 Å². The standard InChI is InChI=1S/C15H20N2O2/c1-10-8-13-14(4-3-5-15(13)19-10)17-7-6-12(9-17)16-11(2)18/h3-5,10,12H,6-9H2,1-2H3,(H,16,18)/t10?,12-/m0/s1. The molecule has 1 amide bonds. The van der Waals surface area contributed by atoms with Crippen molar-refractivity contribution in [1.82, 2.24) is 5.32 Å². The van der Waals surface area contributed by atoms with E-state index < -0.39 is 0 Å². The number of ether oxygens (including phenoxy) is 1. The van der Waals surface area contributed by atoms with Crippen LogP contribution in [0.15, 0.2) is 18.2 Å². The highest BCUT2D eigenvalue weighted by Gasteiger charge is 2.28. The number of hydrogen-bond donors (Lipinski definition) is 1. The molecule has 1 aromatic carbocycles. The van der Waals surface area contributed by atoms with E-state index in [-0.39, 0.29) is 18.1 Å². The van der Waals surface area contributed by atoms with E-state index in [9.17, 15) is 4.79 Å². The Morgan fingerprint density at radius 3 is 3.11 bits per heavy atom. The third-order valence-electron chi connectivity index (χ3n) is 3.86. The quantitative estimate of drug-likeness (QED) is 0.880. The van der Waals surface area contributed by atoms with Crippen LogP contribution in [0.3, 0.4) is 0 Å². The van der Waals surface area contributed by atoms with Crippen LogP contribution < -0.4 is 15.0 Å². The minimum atomic E-state index is 0.0575. The topological polar surface area (TPSA) is 41.6 Å². The van der Waals surface area contributed by atoms with Gasteiger partial charge in [0.2, 0.25) is 5.91 Å². The number of carbonyl (C=O) groups excluding carboxylic acids is 1. The Hall–Kier alpha value is -1.71. The van der Waals surface area contributed by atoms with Gasteiger partial charge >= 0.3 is 0 Å². The molecular weight excluding hydrogens is 240 g/mol. The summed E-state index contributed by atoms with van der Waals surface area (Å²) >= 11 is 0. The molecule has 2 heterocycles.